The van der Waals surface area contributed by atoms with Crippen molar-refractivity contribution in [2.24, 2.45) is 0 Å². The van der Waals surface area contributed by atoms with E-state index in [1.165, 1.54) is 14.8 Å². The maximum absolute atomic E-state index is 12.5. The normalized spacial score (nSPS) is 12.0. The molecule has 0 amide bonds. The summed E-state index contributed by atoms with van der Waals surface area (Å²) in [5, 5.41) is 265. The molecule has 0 radical (unpaired) electrons. The number of rotatable bonds is 4. The van der Waals surface area contributed by atoms with Crippen molar-refractivity contribution >= 4 is 82.9 Å². The van der Waals surface area contributed by atoms with Gasteiger partial charge in [-0.3, -0.25) is 0 Å². The van der Waals surface area contributed by atoms with Crippen LogP contribution in [0.25, 0.3) is 104 Å². The molecule has 0 fully saturated rings. The van der Waals surface area contributed by atoms with Crippen LogP contribution in [-0.4, -0.2) is 150 Å². The lowest BCUT2D eigenvalue weighted by Gasteiger charge is -2.19. The van der Waals surface area contributed by atoms with Crippen LogP contribution in [0.4, 0.5) is 0 Å². The third-order valence-electron chi connectivity index (χ3n) is 13.4. The van der Waals surface area contributed by atoms with Gasteiger partial charge in [0.15, 0.2) is 86.5 Å². The molecule has 4 heterocycles. The molecule has 0 saturated heterocycles. The van der Waals surface area contributed by atoms with Gasteiger partial charge in [0.05, 0.1) is 43.0 Å². The predicted molar refractivity (Wildman–Crippen MR) is 262 cm³/mol. The first-order chi connectivity index (χ1) is 35.6. The summed E-state index contributed by atoms with van der Waals surface area (Å²) in [4.78, 5) is 11.5. The zero-order chi connectivity index (χ0) is 55.4. The van der Waals surface area contributed by atoms with Crippen molar-refractivity contribution in [1.29, 1.82) is 0 Å². The van der Waals surface area contributed by atoms with Gasteiger partial charge >= 0.3 is 0 Å². The average Bonchev–Trinajstić information content (AvgIpc) is 4.10. The Morgan fingerprint density at radius 2 is 0.605 bits per heavy atom. The van der Waals surface area contributed by atoms with Crippen molar-refractivity contribution in [3.63, 3.8) is 0 Å². The van der Waals surface area contributed by atoms with E-state index in [1.54, 1.807) is 0 Å². The third kappa shape index (κ3) is 5.30. The maximum Gasteiger partial charge on any atom is 0.208 e. The molecular formula is C46H29BN4O24S. The Morgan fingerprint density at radius 1 is 0.276 bits per heavy atom. The fourth-order valence-corrected chi connectivity index (χ4v) is 11.0. The lowest BCUT2D eigenvalue weighted by Crippen LogP contribution is -2.04. The van der Waals surface area contributed by atoms with Gasteiger partial charge in [-0.25, -0.2) is 15.0 Å². The summed E-state index contributed by atoms with van der Waals surface area (Å²) in [6.07, 6.45) is 0. The number of benzene rings is 7. The van der Waals surface area contributed by atoms with E-state index in [1.807, 2.05) is 0 Å². The van der Waals surface area contributed by atoms with Gasteiger partial charge in [0.2, 0.25) is 51.7 Å². The van der Waals surface area contributed by atoms with Gasteiger partial charge in [0, 0.05) is 26.4 Å². The summed E-state index contributed by atoms with van der Waals surface area (Å²) in [6, 6.07) is 0. The third-order valence-corrected chi connectivity index (χ3v) is 14.7. The monoisotopic (exact) mass is 1060 g/mol. The van der Waals surface area contributed by atoms with E-state index >= 15 is 0 Å². The fourth-order valence-electron chi connectivity index (χ4n) is 9.79. The highest BCUT2D eigenvalue weighted by molar-refractivity contribution is 7.27. The van der Waals surface area contributed by atoms with Crippen LogP contribution in [0.1, 0.15) is 5.56 Å². The Morgan fingerprint density at radius 3 is 1.09 bits per heavy atom. The Bertz CT molecular complexity index is 4470. The lowest BCUT2D eigenvalue weighted by atomic mass is 9.87. The molecule has 24 N–H and O–H groups in total. The number of hydrogen-bond donors (Lipinski definition) is 24. The molecule has 76 heavy (non-hydrogen) atoms. The van der Waals surface area contributed by atoms with Crippen molar-refractivity contribution < 1.29 is 123 Å². The Labute approximate surface area is 419 Å². The van der Waals surface area contributed by atoms with Crippen LogP contribution in [0.5, 0.6) is 138 Å². The van der Waals surface area contributed by atoms with E-state index in [2.05, 4.69) is 15.0 Å². The SMILES string of the molecule is Bc1c2sc3c(O)c(O)c(-c4c(O)c(O)c(O)c(-c5nc(-c6c(O)c(O)c(O)c(O)c6O)nc(-c6c(O)c(O)c(O)c(O)c6O)n5)c4O)c(O)c3c2c(O)c2c1c1c(O)c(O)c(C)c3c4c(O)c(O)c(O)c(O)c4n2c31. The minimum Gasteiger partial charge on any atom is -0.506 e. The van der Waals surface area contributed by atoms with Gasteiger partial charge in [0.1, 0.15) is 47.3 Å². The molecule has 28 nitrogen and oxygen atoms in total. The van der Waals surface area contributed by atoms with Crippen LogP contribution in [0, 0.1) is 6.92 Å². The van der Waals surface area contributed by atoms with E-state index in [0.717, 1.165) is 4.40 Å². The zero-order valence-electron chi connectivity index (χ0n) is 37.4. The van der Waals surface area contributed by atoms with E-state index in [4.69, 9.17) is 0 Å². The van der Waals surface area contributed by atoms with Gasteiger partial charge in [-0.1, -0.05) is 5.46 Å². The number of aromatic nitrogens is 4. The maximum atomic E-state index is 12.5. The number of fused-ring (bicyclic) bond motifs is 9. The standard InChI is InChI=1S/C46H29BN4O24S/c1-2-3-5-17(31(65)38(72)33(67)23(5)57)51-15(3)6(22(56)18(2)52)4-14(47)42-10(21(55)16(4)51)9-19(53)7(25(59)41(75)43(9)76-42)8-20(54)11(26(60)32(66)24(8)58)44-48-45(12-27(61)34(68)39(73)35(69)28(12)62)50-46(49-44)13-29(63)36(70)40(74)37(71)30(13)64/h52-75H,47H2,1H3. The highest BCUT2D eigenvalue weighted by atomic mass is 32.1. The van der Waals surface area contributed by atoms with Crippen molar-refractivity contribution in [2.75, 3.05) is 0 Å². The molecule has 0 saturated carbocycles. The van der Waals surface area contributed by atoms with Crippen LogP contribution in [0.15, 0.2) is 0 Å². The number of thiophene rings is 1. The molecule has 11 aromatic rings. The largest absolute Gasteiger partial charge is 0.506 e. The molecule has 0 aliphatic carbocycles. The van der Waals surface area contributed by atoms with Crippen LogP contribution < -0.4 is 5.46 Å². The van der Waals surface area contributed by atoms with Crippen LogP contribution >= 0.6 is 11.3 Å². The van der Waals surface area contributed by atoms with Gasteiger partial charge < -0.3 is 127 Å². The first-order valence-corrected chi connectivity index (χ1v) is 21.9. The highest BCUT2D eigenvalue weighted by Crippen LogP contribution is 2.65. The van der Waals surface area contributed by atoms with Crippen molar-refractivity contribution in [2.45, 2.75) is 6.92 Å². The summed E-state index contributed by atoms with van der Waals surface area (Å²) in [5.41, 5.74) is -7.52. The molecule has 4 aromatic heterocycles. The summed E-state index contributed by atoms with van der Waals surface area (Å²) in [6.45, 7) is 1.30. The van der Waals surface area contributed by atoms with E-state index in [-0.39, 0.29) is 37.4 Å². The number of phenols is 24. The van der Waals surface area contributed by atoms with Gasteiger partial charge in [-0.2, -0.15) is 0 Å². The topological polar surface area (TPSA) is 529 Å². The molecule has 0 aliphatic rings. The smallest absolute Gasteiger partial charge is 0.208 e. The number of phenolic OH excluding ortho intramolecular Hbond substituents is 24. The molecule has 0 unspecified atom stereocenters. The minimum atomic E-state index is -1.68. The van der Waals surface area contributed by atoms with Crippen molar-refractivity contribution in [3.8, 4) is 183 Å². The summed E-state index contributed by atoms with van der Waals surface area (Å²) in [7, 11) is 1.40. The summed E-state index contributed by atoms with van der Waals surface area (Å²) in [5.74, 6) is -36.6. The first-order valence-electron chi connectivity index (χ1n) is 21.0. The minimum absolute atomic E-state index is 0.0628. The Hall–Kier alpha value is -11.2. The molecule has 30 heteroatoms. The number of nitrogens with zero attached hydrogens (tertiary/aromatic N) is 4. The van der Waals surface area contributed by atoms with E-state index in [0.29, 0.717) is 11.3 Å². The molecule has 0 spiro atoms. The zero-order valence-corrected chi connectivity index (χ0v) is 38.2. The second kappa shape index (κ2) is 14.7. The lowest BCUT2D eigenvalue weighted by molar-refractivity contribution is 0.329. The fraction of sp³-hybridized carbons (Fsp3) is 0.0217. The molecule has 0 bridgehead atoms. The quantitative estimate of drug-likeness (QED) is 0.0680. The number of aryl methyl sites for hydroxylation is 1. The van der Waals surface area contributed by atoms with E-state index < -0.39 is 215 Å². The van der Waals surface area contributed by atoms with E-state index in [9.17, 15) is 123 Å². The van der Waals surface area contributed by atoms with Crippen LogP contribution in [-0.2, 0) is 0 Å². The van der Waals surface area contributed by atoms with Crippen molar-refractivity contribution in [1.82, 2.24) is 19.4 Å². The van der Waals surface area contributed by atoms with Crippen LogP contribution in [0.3, 0.4) is 0 Å². The van der Waals surface area contributed by atoms with Gasteiger partial charge in [0.25, 0.3) is 0 Å². The molecule has 11 rings (SSSR count). The van der Waals surface area contributed by atoms with Gasteiger partial charge in [-0.05, 0) is 6.92 Å². The molecule has 386 valence electrons. The van der Waals surface area contributed by atoms with Crippen molar-refractivity contribution in [3.05, 3.63) is 5.56 Å². The molecule has 0 aliphatic heterocycles. The van der Waals surface area contributed by atoms with Crippen LogP contribution in [0.2, 0.25) is 0 Å². The molecule has 0 atom stereocenters. The number of aromatic hydroxyl groups is 24. The second-order valence-corrected chi connectivity index (χ2v) is 18.2. The first kappa shape index (κ1) is 47.2. The highest BCUT2D eigenvalue weighted by Gasteiger charge is 2.39. The Balaban J connectivity index is 1.27. The molecule has 7 aromatic carbocycles. The van der Waals surface area contributed by atoms with Gasteiger partial charge in [-0.15, -0.1) is 11.3 Å². The predicted octanol–water partition coefficient (Wildman–Crippen LogP) is 3.56. The second-order valence-electron chi connectivity index (χ2n) is 17.2. The average molecular weight is 1060 g/mol. The summed E-state index contributed by atoms with van der Waals surface area (Å²) >= 11 is 0.577. The number of hydrogen-bond acceptors (Lipinski definition) is 28. The molecular weight excluding hydrogens is 1040 g/mol. The summed E-state index contributed by atoms with van der Waals surface area (Å²) < 4.78 is 0.512. The Kier molecular flexibility index (Phi) is 9.14.